The first-order chi connectivity index (χ1) is 12.5. The Morgan fingerprint density at radius 3 is 2.42 bits per heavy atom. The molecule has 132 valence electrons. The van der Waals surface area contributed by atoms with E-state index in [2.05, 4.69) is 20.6 Å². The molecule has 0 atom stereocenters. The van der Waals surface area contributed by atoms with E-state index in [1.54, 1.807) is 42.7 Å². The predicted octanol–water partition coefficient (Wildman–Crippen LogP) is 4.16. The Morgan fingerprint density at radius 1 is 1.00 bits per heavy atom. The van der Waals surface area contributed by atoms with E-state index in [0.29, 0.717) is 22.8 Å². The van der Waals surface area contributed by atoms with Crippen LogP contribution in [0.15, 0.2) is 60.9 Å². The van der Waals surface area contributed by atoms with Crippen molar-refractivity contribution in [3.63, 3.8) is 0 Å². The van der Waals surface area contributed by atoms with Gasteiger partial charge in [0.15, 0.2) is 0 Å². The van der Waals surface area contributed by atoms with Crippen LogP contribution in [-0.2, 0) is 0 Å². The maximum Gasteiger partial charge on any atom is 0.251 e. The van der Waals surface area contributed by atoms with Crippen molar-refractivity contribution in [2.75, 3.05) is 5.32 Å². The third kappa shape index (κ3) is 4.42. The van der Waals surface area contributed by atoms with E-state index in [-0.39, 0.29) is 17.8 Å². The Kier molecular flexibility index (Phi) is 5.22. The van der Waals surface area contributed by atoms with Crippen LogP contribution in [0.5, 0.6) is 0 Å². The highest BCUT2D eigenvalue weighted by molar-refractivity contribution is 5.95. The third-order valence-electron chi connectivity index (χ3n) is 3.61. The molecular weight excluding hydrogens is 331 g/mol. The molecule has 2 aromatic carbocycles. The average molecular weight is 350 g/mol. The highest BCUT2D eigenvalue weighted by Gasteiger charge is 2.08. The number of carbonyl (C=O) groups is 1. The van der Waals surface area contributed by atoms with E-state index in [9.17, 15) is 9.18 Å². The van der Waals surface area contributed by atoms with Crippen LogP contribution < -0.4 is 10.6 Å². The van der Waals surface area contributed by atoms with Crippen molar-refractivity contribution in [2.45, 2.75) is 19.9 Å². The molecule has 3 aromatic rings. The quantitative estimate of drug-likeness (QED) is 0.725. The lowest BCUT2D eigenvalue weighted by Crippen LogP contribution is -2.30. The second-order valence-corrected chi connectivity index (χ2v) is 6.14. The molecule has 0 saturated carbocycles. The number of halogens is 1. The normalized spacial score (nSPS) is 10.6. The van der Waals surface area contributed by atoms with Gasteiger partial charge in [-0.25, -0.2) is 14.4 Å². The van der Waals surface area contributed by atoms with Gasteiger partial charge >= 0.3 is 0 Å². The van der Waals surface area contributed by atoms with Gasteiger partial charge in [0, 0.05) is 35.2 Å². The standard InChI is InChI=1S/C20H19FN4O/c1-13(2)24-19(26)15-6-4-8-18(10-15)25-20-22-11-16(12-23-20)14-5-3-7-17(21)9-14/h3-13H,1-2H3,(H,24,26)(H,22,23,25). The maximum atomic E-state index is 13.3. The molecule has 0 aliphatic heterocycles. The van der Waals surface area contributed by atoms with Crippen LogP contribution in [-0.4, -0.2) is 21.9 Å². The number of benzene rings is 2. The number of aromatic nitrogens is 2. The molecule has 1 aromatic heterocycles. The minimum atomic E-state index is -0.304. The van der Waals surface area contributed by atoms with Gasteiger partial charge in [-0.1, -0.05) is 18.2 Å². The van der Waals surface area contributed by atoms with Crippen molar-refractivity contribution in [1.29, 1.82) is 0 Å². The van der Waals surface area contributed by atoms with E-state index in [4.69, 9.17) is 0 Å². The first-order valence-electron chi connectivity index (χ1n) is 8.27. The molecule has 6 heteroatoms. The lowest BCUT2D eigenvalue weighted by molar-refractivity contribution is 0.0943. The molecule has 5 nitrogen and oxygen atoms in total. The number of nitrogens with zero attached hydrogens (tertiary/aromatic N) is 2. The SMILES string of the molecule is CC(C)NC(=O)c1cccc(Nc2ncc(-c3cccc(F)c3)cn2)c1. The molecule has 0 aliphatic rings. The molecule has 26 heavy (non-hydrogen) atoms. The minimum Gasteiger partial charge on any atom is -0.350 e. The zero-order chi connectivity index (χ0) is 18.5. The summed E-state index contributed by atoms with van der Waals surface area (Å²) < 4.78 is 13.3. The molecule has 1 heterocycles. The third-order valence-corrected chi connectivity index (χ3v) is 3.61. The molecule has 0 fully saturated rings. The van der Waals surface area contributed by atoms with Gasteiger partial charge in [0.25, 0.3) is 5.91 Å². The van der Waals surface area contributed by atoms with E-state index >= 15 is 0 Å². The summed E-state index contributed by atoms with van der Waals surface area (Å²) in [4.78, 5) is 20.6. The van der Waals surface area contributed by atoms with E-state index in [1.807, 2.05) is 19.9 Å². The Morgan fingerprint density at radius 2 is 1.73 bits per heavy atom. The second-order valence-electron chi connectivity index (χ2n) is 6.14. The highest BCUT2D eigenvalue weighted by Crippen LogP contribution is 2.20. The van der Waals surface area contributed by atoms with Crippen LogP contribution >= 0.6 is 0 Å². The number of hydrogen-bond donors (Lipinski definition) is 2. The van der Waals surface area contributed by atoms with Gasteiger partial charge in [0.1, 0.15) is 5.82 Å². The van der Waals surface area contributed by atoms with E-state index in [0.717, 1.165) is 5.56 Å². The summed E-state index contributed by atoms with van der Waals surface area (Å²) in [5, 5.41) is 5.92. The van der Waals surface area contributed by atoms with Gasteiger partial charge < -0.3 is 10.6 Å². The van der Waals surface area contributed by atoms with Gasteiger partial charge in [-0.3, -0.25) is 4.79 Å². The van der Waals surface area contributed by atoms with Crippen molar-refractivity contribution >= 4 is 17.5 Å². The van der Waals surface area contributed by atoms with Gasteiger partial charge in [-0.15, -0.1) is 0 Å². The van der Waals surface area contributed by atoms with Gasteiger partial charge in [0.2, 0.25) is 5.95 Å². The fraction of sp³-hybridized carbons (Fsp3) is 0.150. The molecule has 0 aliphatic carbocycles. The van der Waals surface area contributed by atoms with Crippen molar-refractivity contribution in [3.05, 3.63) is 72.3 Å². The van der Waals surface area contributed by atoms with Crippen LogP contribution in [0.4, 0.5) is 16.0 Å². The minimum absolute atomic E-state index is 0.0674. The molecule has 0 saturated heterocycles. The fourth-order valence-electron chi connectivity index (χ4n) is 2.42. The van der Waals surface area contributed by atoms with Gasteiger partial charge in [-0.05, 0) is 49.7 Å². The van der Waals surface area contributed by atoms with Crippen LogP contribution in [0.3, 0.4) is 0 Å². The summed E-state index contributed by atoms with van der Waals surface area (Å²) in [6.45, 7) is 3.82. The van der Waals surface area contributed by atoms with Crippen LogP contribution in [0.1, 0.15) is 24.2 Å². The van der Waals surface area contributed by atoms with Crippen LogP contribution in [0.25, 0.3) is 11.1 Å². The largest absolute Gasteiger partial charge is 0.350 e. The topological polar surface area (TPSA) is 66.9 Å². The monoisotopic (exact) mass is 350 g/mol. The summed E-state index contributed by atoms with van der Waals surface area (Å²) in [7, 11) is 0. The molecule has 2 N–H and O–H groups in total. The number of amides is 1. The molecule has 0 spiro atoms. The lowest BCUT2D eigenvalue weighted by atomic mass is 10.1. The van der Waals surface area contributed by atoms with Crippen molar-refractivity contribution in [2.24, 2.45) is 0 Å². The van der Waals surface area contributed by atoms with Crippen LogP contribution in [0, 0.1) is 5.82 Å². The molecule has 0 unspecified atom stereocenters. The smallest absolute Gasteiger partial charge is 0.251 e. The lowest BCUT2D eigenvalue weighted by Gasteiger charge is -2.10. The van der Waals surface area contributed by atoms with Gasteiger partial charge in [-0.2, -0.15) is 0 Å². The van der Waals surface area contributed by atoms with Crippen molar-refractivity contribution in [3.8, 4) is 11.1 Å². The number of rotatable bonds is 5. The van der Waals surface area contributed by atoms with Crippen molar-refractivity contribution in [1.82, 2.24) is 15.3 Å². The molecule has 0 radical (unpaired) electrons. The summed E-state index contributed by atoms with van der Waals surface area (Å²) >= 11 is 0. The summed E-state index contributed by atoms with van der Waals surface area (Å²) in [5.74, 6) is -0.0428. The summed E-state index contributed by atoms with van der Waals surface area (Å²) in [6, 6.07) is 13.4. The molecule has 0 bridgehead atoms. The Labute approximate surface area is 151 Å². The first-order valence-corrected chi connectivity index (χ1v) is 8.27. The first kappa shape index (κ1) is 17.5. The zero-order valence-corrected chi connectivity index (χ0v) is 14.5. The maximum absolute atomic E-state index is 13.3. The fourth-order valence-corrected chi connectivity index (χ4v) is 2.42. The Bertz CT molecular complexity index is 910. The van der Waals surface area contributed by atoms with E-state index in [1.165, 1.54) is 12.1 Å². The number of anilines is 2. The molecule has 3 rings (SSSR count). The summed E-state index contributed by atoms with van der Waals surface area (Å²) in [5.41, 5.74) is 2.70. The molecule has 1 amide bonds. The molecular formula is C20H19FN4O. The zero-order valence-electron chi connectivity index (χ0n) is 14.5. The van der Waals surface area contributed by atoms with Gasteiger partial charge in [0.05, 0.1) is 0 Å². The highest BCUT2D eigenvalue weighted by atomic mass is 19.1. The predicted molar refractivity (Wildman–Crippen MR) is 99.8 cm³/mol. The number of carbonyl (C=O) groups excluding carboxylic acids is 1. The Balaban J connectivity index is 1.74. The Hall–Kier alpha value is -3.28. The summed E-state index contributed by atoms with van der Waals surface area (Å²) in [6.07, 6.45) is 3.25. The van der Waals surface area contributed by atoms with Crippen molar-refractivity contribution < 1.29 is 9.18 Å². The average Bonchev–Trinajstić information content (AvgIpc) is 2.62. The second kappa shape index (κ2) is 7.74. The number of nitrogens with one attached hydrogen (secondary N) is 2. The van der Waals surface area contributed by atoms with E-state index < -0.39 is 0 Å². The number of hydrogen-bond acceptors (Lipinski definition) is 4. The van der Waals surface area contributed by atoms with Crippen LogP contribution in [0.2, 0.25) is 0 Å².